The smallest absolute Gasteiger partial charge is 0.162 e. The van der Waals surface area contributed by atoms with Gasteiger partial charge in [-0.25, -0.2) is 0 Å². The second-order valence-electron chi connectivity index (χ2n) is 6.62. The van der Waals surface area contributed by atoms with Gasteiger partial charge in [0.25, 0.3) is 0 Å². The number of ketones is 1. The molecule has 2 nitrogen and oxygen atoms in total. The number of carbonyl (C=O) groups is 1. The van der Waals surface area contributed by atoms with E-state index < -0.39 is 0 Å². The second kappa shape index (κ2) is 5.36. The molecule has 1 aromatic rings. The molecule has 0 aromatic heterocycles. The molecule has 0 N–H and O–H groups in total. The van der Waals surface area contributed by atoms with Crippen LogP contribution in [-0.4, -0.2) is 18.9 Å². The number of nitrogens with zero attached hydrogens (tertiary/aromatic N) is 1. The minimum absolute atomic E-state index is 0.223. The molecule has 2 heteroatoms. The number of benzene rings is 1. The number of hydrogen-bond donors (Lipinski definition) is 0. The van der Waals surface area contributed by atoms with Crippen molar-refractivity contribution in [3.8, 4) is 0 Å². The Morgan fingerprint density at radius 3 is 2.37 bits per heavy atom. The molecule has 1 fully saturated rings. The Morgan fingerprint density at radius 2 is 1.89 bits per heavy atom. The van der Waals surface area contributed by atoms with Crippen LogP contribution in [0.5, 0.6) is 0 Å². The van der Waals surface area contributed by atoms with Gasteiger partial charge in [0.05, 0.1) is 0 Å². The van der Waals surface area contributed by atoms with Gasteiger partial charge in [-0.05, 0) is 42.0 Å². The third-order valence-corrected chi connectivity index (χ3v) is 4.29. The third kappa shape index (κ3) is 3.17. The van der Waals surface area contributed by atoms with Crippen molar-refractivity contribution in [3.05, 3.63) is 29.8 Å². The molecule has 1 unspecified atom stereocenters. The van der Waals surface area contributed by atoms with E-state index in [2.05, 4.69) is 37.8 Å². The van der Waals surface area contributed by atoms with Crippen LogP contribution in [0.4, 0.5) is 5.69 Å². The maximum Gasteiger partial charge on any atom is 0.162 e. The van der Waals surface area contributed by atoms with Gasteiger partial charge in [0.2, 0.25) is 0 Å². The lowest BCUT2D eigenvalue weighted by molar-refractivity contribution is 0.0988. The maximum absolute atomic E-state index is 11.6. The average molecular weight is 259 g/mol. The van der Waals surface area contributed by atoms with Crippen LogP contribution in [0.15, 0.2) is 24.3 Å². The van der Waals surface area contributed by atoms with Crippen LogP contribution in [0, 0.1) is 11.3 Å². The van der Waals surface area contributed by atoms with Crippen molar-refractivity contribution in [2.45, 2.75) is 40.5 Å². The summed E-state index contributed by atoms with van der Waals surface area (Å²) in [4.78, 5) is 14.1. The van der Waals surface area contributed by atoms with Crippen molar-refractivity contribution in [1.82, 2.24) is 0 Å². The fourth-order valence-electron chi connectivity index (χ4n) is 2.76. The molecule has 1 aliphatic rings. The first-order valence-corrected chi connectivity index (χ1v) is 7.30. The highest BCUT2D eigenvalue weighted by Gasteiger charge is 2.31. The SMILES string of the molecule is CCC(=O)c1ccc(N2CCC(C(C)(C)C)C2)cc1. The number of rotatable bonds is 3. The molecule has 1 heterocycles. The van der Waals surface area contributed by atoms with Gasteiger partial charge >= 0.3 is 0 Å². The third-order valence-electron chi connectivity index (χ3n) is 4.29. The summed E-state index contributed by atoms with van der Waals surface area (Å²) < 4.78 is 0. The van der Waals surface area contributed by atoms with Crippen molar-refractivity contribution in [2.24, 2.45) is 11.3 Å². The Hall–Kier alpha value is -1.31. The van der Waals surface area contributed by atoms with Gasteiger partial charge in [0.15, 0.2) is 5.78 Å². The molecule has 0 bridgehead atoms. The van der Waals surface area contributed by atoms with E-state index in [1.165, 1.54) is 12.1 Å². The van der Waals surface area contributed by atoms with Crippen LogP contribution in [0.3, 0.4) is 0 Å². The summed E-state index contributed by atoms with van der Waals surface area (Å²) in [5.41, 5.74) is 2.46. The summed E-state index contributed by atoms with van der Waals surface area (Å²) in [5, 5.41) is 0. The summed E-state index contributed by atoms with van der Waals surface area (Å²) in [6, 6.07) is 8.11. The van der Waals surface area contributed by atoms with E-state index >= 15 is 0 Å². The van der Waals surface area contributed by atoms with E-state index in [9.17, 15) is 4.79 Å². The summed E-state index contributed by atoms with van der Waals surface area (Å²) in [5.74, 6) is 0.977. The Bertz CT molecular complexity index is 441. The van der Waals surface area contributed by atoms with Crippen LogP contribution in [-0.2, 0) is 0 Å². The first-order chi connectivity index (χ1) is 8.91. The minimum atomic E-state index is 0.223. The van der Waals surface area contributed by atoms with E-state index in [0.29, 0.717) is 11.8 Å². The van der Waals surface area contributed by atoms with Crippen LogP contribution in [0.25, 0.3) is 0 Å². The molecular weight excluding hydrogens is 234 g/mol. The standard InChI is InChI=1S/C17H25NO/c1-5-16(19)13-6-8-15(9-7-13)18-11-10-14(12-18)17(2,3)4/h6-9,14H,5,10-12H2,1-4H3. The predicted octanol–water partition coefficient (Wildman–Crippen LogP) is 4.15. The highest BCUT2D eigenvalue weighted by molar-refractivity contribution is 5.96. The quantitative estimate of drug-likeness (QED) is 0.760. The molecule has 0 radical (unpaired) electrons. The number of carbonyl (C=O) groups excluding carboxylic acids is 1. The summed E-state index contributed by atoms with van der Waals surface area (Å²) >= 11 is 0. The van der Waals surface area contributed by atoms with Crippen molar-refractivity contribution in [2.75, 3.05) is 18.0 Å². The van der Waals surface area contributed by atoms with Crippen LogP contribution in [0.2, 0.25) is 0 Å². The van der Waals surface area contributed by atoms with E-state index in [4.69, 9.17) is 0 Å². The molecule has 0 aliphatic carbocycles. The lowest BCUT2D eigenvalue weighted by atomic mass is 9.80. The Kier molecular flexibility index (Phi) is 3.98. The van der Waals surface area contributed by atoms with Gasteiger partial charge in [-0.15, -0.1) is 0 Å². The zero-order valence-corrected chi connectivity index (χ0v) is 12.6. The van der Waals surface area contributed by atoms with E-state index in [0.717, 1.165) is 24.6 Å². The van der Waals surface area contributed by atoms with Gasteiger partial charge in [-0.3, -0.25) is 4.79 Å². The molecule has 1 aliphatic heterocycles. The fraction of sp³-hybridized carbons (Fsp3) is 0.588. The average Bonchev–Trinajstić information content (AvgIpc) is 2.87. The largest absolute Gasteiger partial charge is 0.371 e. The molecule has 1 aromatic carbocycles. The van der Waals surface area contributed by atoms with Crippen molar-refractivity contribution < 1.29 is 4.79 Å². The minimum Gasteiger partial charge on any atom is -0.371 e. The van der Waals surface area contributed by atoms with Crippen LogP contribution >= 0.6 is 0 Å². The first-order valence-electron chi connectivity index (χ1n) is 7.30. The molecule has 104 valence electrons. The normalized spacial score (nSPS) is 19.8. The highest BCUT2D eigenvalue weighted by Crippen LogP contribution is 2.35. The van der Waals surface area contributed by atoms with Gasteiger partial charge in [0.1, 0.15) is 0 Å². The lowest BCUT2D eigenvalue weighted by Gasteiger charge is -2.27. The number of Topliss-reactive ketones (excluding diaryl/α,β-unsaturated/α-hetero) is 1. The van der Waals surface area contributed by atoms with Crippen molar-refractivity contribution in [3.63, 3.8) is 0 Å². The predicted molar refractivity (Wildman–Crippen MR) is 80.8 cm³/mol. The zero-order valence-electron chi connectivity index (χ0n) is 12.6. The van der Waals surface area contributed by atoms with Gasteiger partial charge in [-0.1, -0.05) is 27.7 Å². The molecular formula is C17H25NO. The highest BCUT2D eigenvalue weighted by atomic mass is 16.1. The molecule has 0 amide bonds. The first kappa shape index (κ1) is 14.1. The van der Waals surface area contributed by atoms with E-state index in [1.807, 2.05) is 19.1 Å². The van der Waals surface area contributed by atoms with Crippen LogP contribution in [0.1, 0.15) is 50.9 Å². The Morgan fingerprint density at radius 1 is 1.26 bits per heavy atom. The van der Waals surface area contributed by atoms with Gasteiger partial charge in [0, 0.05) is 30.8 Å². The molecule has 19 heavy (non-hydrogen) atoms. The van der Waals surface area contributed by atoms with E-state index in [-0.39, 0.29) is 5.78 Å². The van der Waals surface area contributed by atoms with Gasteiger partial charge in [-0.2, -0.15) is 0 Å². The summed E-state index contributed by atoms with van der Waals surface area (Å²) in [6.45, 7) is 11.1. The number of anilines is 1. The van der Waals surface area contributed by atoms with Gasteiger partial charge < -0.3 is 4.90 Å². The maximum atomic E-state index is 11.6. The van der Waals surface area contributed by atoms with Crippen molar-refractivity contribution in [1.29, 1.82) is 0 Å². The molecule has 0 saturated carbocycles. The summed E-state index contributed by atoms with van der Waals surface area (Å²) in [6.07, 6.45) is 1.84. The monoisotopic (exact) mass is 259 g/mol. The fourth-order valence-corrected chi connectivity index (χ4v) is 2.76. The zero-order chi connectivity index (χ0) is 14.0. The Balaban J connectivity index is 2.06. The topological polar surface area (TPSA) is 20.3 Å². The van der Waals surface area contributed by atoms with Crippen molar-refractivity contribution >= 4 is 11.5 Å². The molecule has 0 spiro atoms. The molecule has 1 atom stereocenters. The lowest BCUT2D eigenvalue weighted by Crippen LogP contribution is -2.25. The Labute approximate surface area is 116 Å². The molecule has 1 saturated heterocycles. The second-order valence-corrected chi connectivity index (χ2v) is 6.62. The van der Waals surface area contributed by atoms with E-state index in [1.54, 1.807) is 0 Å². The number of hydrogen-bond acceptors (Lipinski definition) is 2. The summed E-state index contributed by atoms with van der Waals surface area (Å²) in [7, 11) is 0. The van der Waals surface area contributed by atoms with Crippen LogP contribution < -0.4 is 4.90 Å². The molecule has 2 rings (SSSR count).